The average molecular weight is 298 g/mol. The SMILES string of the molecule is CC(C)CCCC(C)NCC(=O)N1CCC(C(=O)O)CC1. The van der Waals surface area contributed by atoms with E-state index < -0.39 is 5.97 Å². The van der Waals surface area contributed by atoms with Crippen LogP contribution in [0.15, 0.2) is 0 Å². The molecule has 0 spiro atoms. The van der Waals surface area contributed by atoms with Crippen LogP contribution in [-0.2, 0) is 9.59 Å². The first-order chi connectivity index (χ1) is 9.90. The number of likely N-dealkylation sites (tertiary alicyclic amines) is 1. The van der Waals surface area contributed by atoms with Gasteiger partial charge in [-0.3, -0.25) is 9.59 Å². The Balaban J connectivity index is 2.18. The van der Waals surface area contributed by atoms with Gasteiger partial charge >= 0.3 is 5.97 Å². The Morgan fingerprint density at radius 1 is 1.19 bits per heavy atom. The molecular formula is C16H30N2O3. The second kappa shape index (κ2) is 9.03. The number of carboxylic acid groups (broad SMARTS) is 1. The third-order valence-electron chi connectivity index (χ3n) is 4.22. The smallest absolute Gasteiger partial charge is 0.306 e. The molecule has 122 valence electrons. The number of carboxylic acids is 1. The summed E-state index contributed by atoms with van der Waals surface area (Å²) in [5, 5.41) is 12.2. The molecule has 0 aromatic rings. The summed E-state index contributed by atoms with van der Waals surface area (Å²) in [4.78, 5) is 24.7. The van der Waals surface area contributed by atoms with Crippen molar-refractivity contribution in [3.63, 3.8) is 0 Å². The van der Waals surface area contributed by atoms with E-state index in [-0.39, 0.29) is 11.8 Å². The first-order valence-electron chi connectivity index (χ1n) is 8.14. The van der Waals surface area contributed by atoms with E-state index in [0.29, 0.717) is 38.5 Å². The molecule has 0 radical (unpaired) electrons. The first kappa shape index (κ1) is 18.0. The molecule has 1 fully saturated rings. The van der Waals surface area contributed by atoms with E-state index >= 15 is 0 Å². The Hall–Kier alpha value is -1.10. The molecule has 1 saturated heterocycles. The van der Waals surface area contributed by atoms with Gasteiger partial charge in [0, 0.05) is 19.1 Å². The van der Waals surface area contributed by atoms with Gasteiger partial charge < -0.3 is 15.3 Å². The van der Waals surface area contributed by atoms with E-state index in [4.69, 9.17) is 5.11 Å². The lowest BCUT2D eigenvalue weighted by molar-refractivity contribution is -0.145. The summed E-state index contributed by atoms with van der Waals surface area (Å²) in [5.41, 5.74) is 0. The normalized spacial score (nSPS) is 18.0. The summed E-state index contributed by atoms with van der Waals surface area (Å²) in [6.45, 7) is 8.06. The zero-order chi connectivity index (χ0) is 15.8. The van der Waals surface area contributed by atoms with Crippen LogP contribution in [0.25, 0.3) is 0 Å². The molecule has 5 heteroatoms. The second-order valence-electron chi connectivity index (χ2n) is 6.60. The van der Waals surface area contributed by atoms with Crippen molar-refractivity contribution in [1.29, 1.82) is 0 Å². The predicted molar refractivity (Wildman–Crippen MR) is 83.1 cm³/mol. The summed E-state index contributed by atoms with van der Waals surface area (Å²) >= 11 is 0. The van der Waals surface area contributed by atoms with Crippen molar-refractivity contribution in [3.05, 3.63) is 0 Å². The molecular weight excluding hydrogens is 268 g/mol. The van der Waals surface area contributed by atoms with Crippen molar-refractivity contribution >= 4 is 11.9 Å². The van der Waals surface area contributed by atoms with Crippen LogP contribution in [0.1, 0.15) is 52.9 Å². The molecule has 1 aliphatic heterocycles. The fourth-order valence-corrected chi connectivity index (χ4v) is 2.68. The Bertz CT molecular complexity index is 336. The molecule has 1 amide bonds. The standard InChI is InChI=1S/C16H30N2O3/c1-12(2)5-4-6-13(3)17-11-15(19)18-9-7-14(8-10-18)16(20)21/h12-14,17H,4-11H2,1-3H3,(H,20,21). The summed E-state index contributed by atoms with van der Waals surface area (Å²) in [6.07, 6.45) is 4.65. The minimum atomic E-state index is -0.737. The van der Waals surface area contributed by atoms with Gasteiger partial charge in [-0.1, -0.05) is 26.7 Å². The lowest BCUT2D eigenvalue weighted by atomic mass is 9.97. The van der Waals surface area contributed by atoms with Crippen molar-refractivity contribution in [2.45, 2.75) is 58.9 Å². The van der Waals surface area contributed by atoms with Crippen molar-refractivity contribution in [2.24, 2.45) is 11.8 Å². The lowest BCUT2D eigenvalue weighted by Gasteiger charge is -2.30. The van der Waals surface area contributed by atoms with Crippen molar-refractivity contribution < 1.29 is 14.7 Å². The molecule has 0 aliphatic carbocycles. The van der Waals surface area contributed by atoms with Crippen molar-refractivity contribution in [2.75, 3.05) is 19.6 Å². The molecule has 5 nitrogen and oxygen atoms in total. The molecule has 1 atom stereocenters. The zero-order valence-electron chi connectivity index (χ0n) is 13.6. The maximum atomic E-state index is 12.1. The molecule has 0 bridgehead atoms. The van der Waals surface area contributed by atoms with Gasteiger partial charge in [-0.05, 0) is 32.1 Å². The van der Waals surface area contributed by atoms with Gasteiger partial charge in [0.25, 0.3) is 0 Å². The highest BCUT2D eigenvalue weighted by Crippen LogP contribution is 2.17. The molecule has 1 aliphatic rings. The summed E-state index contributed by atoms with van der Waals surface area (Å²) in [6, 6.07) is 0.351. The monoisotopic (exact) mass is 298 g/mol. The fourth-order valence-electron chi connectivity index (χ4n) is 2.68. The largest absolute Gasteiger partial charge is 0.481 e. The number of piperidine rings is 1. The zero-order valence-corrected chi connectivity index (χ0v) is 13.6. The van der Waals surface area contributed by atoms with Crippen LogP contribution in [0.4, 0.5) is 0 Å². The number of carbonyl (C=O) groups excluding carboxylic acids is 1. The third-order valence-corrected chi connectivity index (χ3v) is 4.22. The third kappa shape index (κ3) is 6.93. The minimum Gasteiger partial charge on any atom is -0.481 e. The number of nitrogens with zero attached hydrogens (tertiary/aromatic N) is 1. The minimum absolute atomic E-state index is 0.0922. The summed E-state index contributed by atoms with van der Waals surface area (Å²) in [5.74, 6) is -0.195. The molecule has 2 N–H and O–H groups in total. The van der Waals surface area contributed by atoms with Gasteiger partial charge in [0.1, 0.15) is 0 Å². The molecule has 0 aromatic heterocycles. The highest BCUT2D eigenvalue weighted by atomic mass is 16.4. The number of rotatable bonds is 8. The van der Waals surface area contributed by atoms with Crippen LogP contribution in [0.2, 0.25) is 0 Å². The van der Waals surface area contributed by atoms with E-state index in [1.165, 1.54) is 12.8 Å². The van der Waals surface area contributed by atoms with E-state index in [0.717, 1.165) is 12.3 Å². The second-order valence-corrected chi connectivity index (χ2v) is 6.60. The van der Waals surface area contributed by atoms with Gasteiger partial charge in [0.05, 0.1) is 12.5 Å². The Morgan fingerprint density at radius 2 is 1.81 bits per heavy atom. The van der Waals surface area contributed by atoms with Crippen molar-refractivity contribution in [1.82, 2.24) is 10.2 Å². The van der Waals surface area contributed by atoms with Gasteiger partial charge in [-0.25, -0.2) is 0 Å². The number of hydrogen-bond acceptors (Lipinski definition) is 3. The van der Waals surface area contributed by atoms with E-state index in [1.54, 1.807) is 4.90 Å². The van der Waals surface area contributed by atoms with Crippen LogP contribution in [0.3, 0.4) is 0 Å². The lowest BCUT2D eigenvalue weighted by Crippen LogP contribution is -2.45. The summed E-state index contributed by atoms with van der Waals surface area (Å²) < 4.78 is 0. The highest BCUT2D eigenvalue weighted by Gasteiger charge is 2.26. The van der Waals surface area contributed by atoms with E-state index in [1.807, 2.05) is 0 Å². The van der Waals surface area contributed by atoms with Crippen LogP contribution in [0.5, 0.6) is 0 Å². The summed E-state index contributed by atoms with van der Waals surface area (Å²) in [7, 11) is 0. The molecule has 1 rings (SSSR count). The fraction of sp³-hybridized carbons (Fsp3) is 0.875. The number of hydrogen-bond donors (Lipinski definition) is 2. The average Bonchev–Trinajstić information content (AvgIpc) is 2.44. The number of carbonyl (C=O) groups is 2. The van der Waals surface area contributed by atoms with Gasteiger partial charge in [0.15, 0.2) is 0 Å². The molecule has 21 heavy (non-hydrogen) atoms. The van der Waals surface area contributed by atoms with Crippen LogP contribution in [-0.4, -0.2) is 47.6 Å². The number of nitrogens with one attached hydrogen (secondary N) is 1. The van der Waals surface area contributed by atoms with E-state index in [2.05, 4.69) is 26.1 Å². The van der Waals surface area contributed by atoms with Gasteiger partial charge in [0.2, 0.25) is 5.91 Å². The van der Waals surface area contributed by atoms with Crippen molar-refractivity contribution in [3.8, 4) is 0 Å². The van der Waals surface area contributed by atoms with Crippen LogP contribution >= 0.6 is 0 Å². The number of amides is 1. The van der Waals surface area contributed by atoms with E-state index in [9.17, 15) is 9.59 Å². The quantitative estimate of drug-likeness (QED) is 0.720. The molecule has 1 unspecified atom stereocenters. The first-order valence-corrected chi connectivity index (χ1v) is 8.14. The predicted octanol–water partition coefficient (Wildman–Crippen LogP) is 2.11. The van der Waals surface area contributed by atoms with Gasteiger partial charge in [-0.2, -0.15) is 0 Å². The Labute approximate surface area is 128 Å². The molecule has 1 heterocycles. The Kier molecular flexibility index (Phi) is 7.72. The molecule has 0 saturated carbocycles. The highest BCUT2D eigenvalue weighted by molar-refractivity contribution is 5.79. The maximum Gasteiger partial charge on any atom is 0.306 e. The molecule has 0 aromatic carbocycles. The number of aliphatic carboxylic acids is 1. The van der Waals surface area contributed by atoms with Gasteiger partial charge in [-0.15, -0.1) is 0 Å². The van der Waals surface area contributed by atoms with Crippen LogP contribution < -0.4 is 5.32 Å². The topological polar surface area (TPSA) is 69.6 Å². The maximum absolute atomic E-state index is 12.1. The Morgan fingerprint density at radius 3 is 2.33 bits per heavy atom. The van der Waals surface area contributed by atoms with Crippen LogP contribution in [0, 0.1) is 11.8 Å².